The van der Waals surface area contributed by atoms with Crippen molar-refractivity contribution in [2.24, 2.45) is 5.73 Å². The minimum atomic E-state index is -2.74. The summed E-state index contributed by atoms with van der Waals surface area (Å²) in [5, 5.41) is 6.97. The highest BCUT2D eigenvalue weighted by molar-refractivity contribution is 7.95. The van der Waals surface area contributed by atoms with Gasteiger partial charge in [-0.3, -0.25) is 9.59 Å². The molecule has 0 heterocycles. The summed E-state index contributed by atoms with van der Waals surface area (Å²) in [4.78, 5) is 26.9. The number of nitrogens with one attached hydrogen (secondary N) is 1. The predicted octanol–water partition coefficient (Wildman–Crippen LogP) is 4.49. The van der Waals surface area contributed by atoms with Crippen LogP contribution in [0.25, 0.3) is 0 Å². The van der Waals surface area contributed by atoms with Gasteiger partial charge in [-0.1, -0.05) is 140 Å². The van der Waals surface area contributed by atoms with E-state index >= 15 is 0 Å². The number of amides is 2. The van der Waals surface area contributed by atoms with Gasteiger partial charge >= 0.3 is 0 Å². The third-order valence-electron chi connectivity index (χ3n) is 6.73. The number of nitrogens with two attached hydrogens (primary N) is 1. The molecular weight excluding hydrogens is 499 g/mol. The second-order valence-corrected chi connectivity index (χ2v) is 12.5. The van der Waals surface area contributed by atoms with E-state index in [0.717, 1.165) is 26.8 Å². The fraction of sp³-hybridized carbons (Fsp3) is 0.0294. The van der Waals surface area contributed by atoms with Crippen LogP contribution in [0.2, 0.25) is 0 Å². The molecule has 0 fully saturated rings. The highest BCUT2D eigenvalue weighted by Crippen LogP contribution is 2.48. The van der Waals surface area contributed by atoms with Gasteiger partial charge in [0, 0.05) is 10.9 Å². The lowest BCUT2D eigenvalue weighted by Gasteiger charge is -2.36. The summed E-state index contributed by atoms with van der Waals surface area (Å²) in [7, 11) is 0. The molecule has 5 rings (SSSR count). The predicted molar refractivity (Wildman–Crippen MR) is 163 cm³/mol. The topological polar surface area (TPSA) is 72.2 Å². The Hall–Kier alpha value is -4.66. The maximum Gasteiger partial charge on any atom is 0.252 e. The summed E-state index contributed by atoms with van der Waals surface area (Å²) in [5.74, 6) is -0.981. The minimum Gasteiger partial charge on any atom is -0.368 e. The van der Waals surface area contributed by atoms with Crippen molar-refractivity contribution in [3.05, 3.63) is 163 Å². The largest absolute Gasteiger partial charge is 0.368 e. The highest BCUT2D eigenvalue weighted by Gasteiger charge is 2.37. The summed E-state index contributed by atoms with van der Waals surface area (Å²) >= 11 is 0. The molecule has 0 radical (unpaired) electrons. The number of benzene rings is 5. The van der Waals surface area contributed by atoms with Gasteiger partial charge in [-0.05, 0) is 40.5 Å². The zero-order valence-corrected chi connectivity index (χ0v) is 22.2. The summed E-state index contributed by atoms with van der Waals surface area (Å²) in [6, 6.07) is 48.3. The van der Waals surface area contributed by atoms with Gasteiger partial charge in [-0.25, -0.2) is 0 Å². The number of rotatable bonds is 8. The lowest BCUT2D eigenvalue weighted by atomic mass is 10.0. The van der Waals surface area contributed by atoms with Crippen molar-refractivity contribution in [3.63, 3.8) is 0 Å². The third kappa shape index (κ3) is 5.20. The normalized spacial score (nSPS) is 11.8. The van der Waals surface area contributed by atoms with E-state index in [9.17, 15) is 9.59 Å². The highest BCUT2D eigenvalue weighted by atomic mass is 31.2. The molecule has 5 heteroatoms. The van der Waals surface area contributed by atoms with Crippen molar-refractivity contribution in [1.82, 2.24) is 5.32 Å². The van der Waals surface area contributed by atoms with E-state index in [4.69, 9.17) is 5.73 Å². The van der Waals surface area contributed by atoms with Crippen molar-refractivity contribution in [1.29, 1.82) is 0 Å². The number of primary amides is 1. The molecule has 192 valence electrons. The minimum absolute atomic E-state index is 0.361. The van der Waals surface area contributed by atoms with Gasteiger partial charge in [0.2, 0.25) is 5.91 Å². The molecule has 5 aromatic rings. The molecule has 0 aliphatic rings. The fourth-order valence-electron chi connectivity index (χ4n) is 5.06. The first-order valence-electron chi connectivity index (χ1n) is 12.8. The molecule has 1 unspecified atom stereocenters. The Morgan fingerprint density at radius 1 is 0.513 bits per heavy atom. The second-order valence-electron chi connectivity index (χ2n) is 9.10. The molecule has 0 saturated carbocycles. The Kier molecular flexibility index (Phi) is 7.86. The lowest BCUT2D eigenvalue weighted by molar-refractivity contribution is -0.118. The molecule has 0 aliphatic heterocycles. The second kappa shape index (κ2) is 11.8. The van der Waals surface area contributed by atoms with Gasteiger partial charge < -0.3 is 11.1 Å². The van der Waals surface area contributed by atoms with E-state index in [1.54, 1.807) is 24.3 Å². The van der Waals surface area contributed by atoms with Crippen LogP contribution in [-0.4, -0.2) is 23.1 Å². The van der Waals surface area contributed by atoms with Crippen LogP contribution in [-0.2, 0) is 4.79 Å². The molecule has 2 amide bonds. The fourth-order valence-corrected chi connectivity index (χ4v) is 9.76. The van der Waals surface area contributed by atoms with Crippen LogP contribution in [0.4, 0.5) is 0 Å². The van der Waals surface area contributed by atoms with Gasteiger partial charge in [0.1, 0.15) is 6.04 Å². The van der Waals surface area contributed by atoms with E-state index in [0.29, 0.717) is 5.56 Å². The lowest BCUT2D eigenvalue weighted by Crippen LogP contribution is -2.52. The smallest absolute Gasteiger partial charge is 0.252 e. The quantitative estimate of drug-likeness (QED) is 0.292. The van der Waals surface area contributed by atoms with Crippen molar-refractivity contribution in [2.45, 2.75) is 6.04 Å². The van der Waals surface area contributed by atoms with Crippen LogP contribution in [0.15, 0.2) is 152 Å². The first-order valence-corrected chi connectivity index (χ1v) is 14.5. The standard InChI is InChI=1S/C34H29N2O2P/c35-33(37)31(36-34(38)27-18-8-2-9-19-27)32(26-16-6-1-7-17-26)39(28-20-10-3-11-21-28,29-22-12-4-13-23-29)30-24-14-5-15-25-30/h1-25,31H,(H2,35,37)(H,36,38). The molecule has 5 aromatic carbocycles. The van der Waals surface area contributed by atoms with Crippen molar-refractivity contribution >= 4 is 39.9 Å². The van der Waals surface area contributed by atoms with Crippen molar-refractivity contribution in [2.75, 3.05) is 0 Å². The third-order valence-corrected chi connectivity index (χ3v) is 11.2. The maximum atomic E-state index is 13.5. The SMILES string of the molecule is NC(=O)C(NC(=O)c1ccccc1)C(c1ccccc1)=P(c1ccccc1)(c1ccccc1)c1ccccc1. The van der Waals surface area contributed by atoms with E-state index in [2.05, 4.69) is 41.7 Å². The summed E-state index contributed by atoms with van der Waals surface area (Å²) < 4.78 is 0. The monoisotopic (exact) mass is 528 g/mol. The first-order chi connectivity index (χ1) is 19.1. The van der Waals surface area contributed by atoms with E-state index in [-0.39, 0.29) is 5.91 Å². The molecule has 1 atom stereocenters. The summed E-state index contributed by atoms with van der Waals surface area (Å²) in [6.07, 6.45) is 0. The number of carbonyl (C=O) groups excluding carboxylic acids is 2. The summed E-state index contributed by atoms with van der Waals surface area (Å²) in [6.45, 7) is -2.74. The zero-order valence-electron chi connectivity index (χ0n) is 21.4. The van der Waals surface area contributed by atoms with Crippen LogP contribution in [0.1, 0.15) is 15.9 Å². The molecule has 3 N–H and O–H groups in total. The molecular formula is C34H29N2O2P. The zero-order chi connectivity index (χ0) is 27.1. The van der Waals surface area contributed by atoms with Crippen LogP contribution < -0.4 is 27.0 Å². The van der Waals surface area contributed by atoms with Crippen molar-refractivity contribution in [3.8, 4) is 0 Å². The Morgan fingerprint density at radius 3 is 1.21 bits per heavy atom. The Balaban J connectivity index is 1.96. The Labute approximate surface area is 229 Å². The Morgan fingerprint density at radius 2 is 0.846 bits per heavy atom. The van der Waals surface area contributed by atoms with Gasteiger partial charge in [-0.15, -0.1) is 0 Å². The van der Waals surface area contributed by atoms with Gasteiger partial charge in [0.15, 0.2) is 0 Å². The molecule has 0 bridgehead atoms. The molecule has 0 aromatic heterocycles. The average molecular weight is 529 g/mol. The van der Waals surface area contributed by atoms with Gasteiger partial charge in [0.05, 0.1) is 0 Å². The molecule has 0 saturated heterocycles. The van der Waals surface area contributed by atoms with Crippen LogP contribution in [0.5, 0.6) is 0 Å². The van der Waals surface area contributed by atoms with Gasteiger partial charge in [-0.2, -0.15) is 0 Å². The van der Waals surface area contributed by atoms with E-state index < -0.39 is 18.8 Å². The van der Waals surface area contributed by atoms with Gasteiger partial charge in [0.25, 0.3) is 5.91 Å². The van der Waals surface area contributed by atoms with Crippen LogP contribution in [0, 0.1) is 0 Å². The summed E-state index contributed by atoms with van der Waals surface area (Å²) in [5.41, 5.74) is 7.48. The maximum absolute atomic E-state index is 13.5. The van der Waals surface area contributed by atoms with Crippen LogP contribution in [0.3, 0.4) is 0 Å². The first kappa shape index (κ1) is 26.0. The number of carbonyl (C=O) groups is 2. The molecule has 0 spiro atoms. The number of hydrogen-bond acceptors (Lipinski definition) is 2. The average Bonchev–Trinajstić information content (AvgIpc) is 3.01. The van der Waals surface area contributed by atoms with Crippen LogP contribution >= 0.6 is 6.89 Å². The number of hydrogen-bond donors (Lipinski definition) is 2. The molecule has 0 aliphatic carbocycles. The van der Waals surface area contributed by atoms with E-state index in [1.807, 2.05) is 91.0 Å². The molecule has 4 nitrogen and oxygen atoms in total. The van der Waals surface area contributed by atoms with Crippen molar-refractivity contribution < 1.29 is 9.59 Å². The van der Waals surface area contributed by atoms with E-state index in [1.165, 1.54) is 0 Å². The molecule has 39 heavy (non-hydrogen) atoms. The Bertz CT molecular complexity index is 1500.